The molecule has 0 aromatic carbocycles. The Hall–Kier alpha value is -1.36. The van der Waals surface area contributed by atoms with Crippen LogP contribution in [0.4, 0.5) is 11.6 Å². The summed E-state index contributed by atoms with van der Waals surface area (Å²) in [5.41, 5.74) is 0. The zero-order valence-corrected chi connectivity index (χ0v) is 12.1. The number of aliphatic hydroxyl groups is 1. The van der Waals surface area contributed by atoms with Crippen LogP contribution < -0.4 is 10.2 Å². The topological polar surface area (TPSA) is 61.3 Å². The van der Waals surface area contributed by atoms with Gasteiger partial charge in [0.05, 0.1) is 12.6 Å². The molecule has 1 aromatic heterocycles. The van der Waals surface area contributed by atoms with Crippen LogP contribution in [0.15, 0.2) is 12.4 Å². The van der Waals surface area contributed by atoms with E-state index in [1.165, 1.54) is 19.3 Å². The van der Waals surface area contributed by atoms with Gasteiger partial charge in [0.2, 0.25) is 0 Å². The van der Waals surface area contributed by atoms with Crippen LogP contribution in [-0.4, -0.2) is 40.3 Å². The van der Waals surface area contributed by atoms with Crippen molar-refractivity contribution in [1.29, 1.82) is 0 Å². The summed E-state index contributed by atoms with van der Waals surface area (Å²) in [4.78, 5) is 10.9. The van der Waals surface area contributed by atoms with E-state index in [1.54, 1.807) is 6.33 Å². The molecule has 110 valence electrons. The lowest BCUT2D eigenvalue weighted by atomic mass is 10.1. The Bertz CT molecular complexity index is 453. The summed E-state index contributed by atoms with van der Waals surface area (Å²) in [6.45, 7) is 3.48. The minimum atomic E-state index is 0.201. The Morgan fingerprint density at radius 2 is 2.25 bits per heavy atom. The van der Waals surface area contributed by atoms with Gasteiger partial charge in [-0.25, -0.2) is 9.97 Å². The molecule has 1 aliphatic heterocycles. The van der Waals surface area contributed by atoms with E-state index in [2.05, 4.69) is 27.1 Å². The molecule has 2 aliphatic rings. The molecule has 0 amide bonds. The van der Waals surface area contributed by atoms with E-state index in [-0.39, 0.29) is 12.6 Å². The first-order chi connectivity index (χ1) is 9.76. The van der Waals surface area contributed by atoms with E-state index in [1.807, 2.05) is 6.07 Å². The van der Waals surface area contributed by atoms with Crippen LogP contribution in [0.2, 0.25) is 0 Å². The highest BCUT2D eigenvalue weighted by atomic mass is 16.3. The predicted octanol–water partition coefficient (Wildman–Crippen LogP) is 2.04. The third-order valence-corrected chi connectivity index (χ3v) is 4.58. The predicted molar refractivity (Wildman–Crippen MR) is 79.9 cm³/mol. The monoisotopic (exact) mass is 276 g/mol. The van der Waals surface area contributed by atoms with Crippen LogP contribution in [0.5, 0.6) is 0 Å². The number of anilines is 2. The number of aliphatic hydroxyl groups excluding tert-OH is 1. The molecule has 3 rings (SSSR count). The highest BCUT2D eigenvalue weighted by molar-refractivity contribution is 5.50. The fourth-order valence-electron chi connectivity index (χ4n) is 3.46. The third kappa shape index (κ3) is 2.87. The molecule has 1 saturated heterocycles. The lowest BCUT2D eigenvalue weighted by Gasteiger charge is -2.24. The van der Waals surface area contributed by atoms with Gasteiger partial charge in [-0.1, -0.05) is 6.92 Å². The highest BCUT2D eigenvalue weighted by Crippen LogP contribution is 2.28. The van der Waals surface area contributed by atoms with E-state index >= 15 is 0 Å². The van der Waals surface area contributed by atoms with Gasteiger partial charge in [-0.2, -0.15) is 0 Å². The first-order valence-corrected chi connectivity index (χ1v) is 7.72. The molecule has 0 radical (unpaired) electrons. The summed E-state index contributed by atoms with van der Waals surface area (Å²) in [6.07, 6.45) is 7.55. The first-order valence-electron chi connectivity index (χ1n) is 7.72. The molecule has 20 heavy (non-hydrogen) atoms. The zero-order valence-electron chi connectivity index (χ0n) is 12.1. The average Bonchev–Trinajstić information content (AvgIpc) is 3.08. The summed E-state index contributed by atoms with van der Waals surface area (Å²) < 4.78 is 0. The minimum Gasteiger partial charge on any atom is -0.394 e. The second kappa shape index (κ2) is 5.95. The Balaban J connectivity index is 1.69. The average molecular weight is 276 g/mol. The van der Waals surface area contributed by atoms with E-state index in [9.17, 15) is 5.11 Å². The maximum Gasteiger partial charge on any atom is 0.134 e. The summed E-state index contributed by atoms with van der Waals surface area (Å²) in [6, 6.07) is 2.78. The van der Waals surface area contributed by atoms with Gasteiger partial charge in [-0.3, -0.25) is 0 Å². The second-order valence-corrected chi connectivity index (χ2v) is 6.19. The van der Waals surface area contributed by atoms with Crippen molar-refractivity contribution in [2.45, 2.75) is 51.1 Å². The molecule has 3 unspecified atom stereocenters. The maximum absolute atomic E-state index is 9.43. The fraction of sp³-hybridized carbons (Fsp3) is 0.733. The molecule has 1 aromatic rings. The quantitative estimate of drug-likeness (QED) is 0.881. The van der Waals surface area contributed by atoms with E-state index in [4.69, 9.17) is 0 Å². The van der Waals surface area contributed by atoms with Gasteiger partial charge < -0.3 is 15.3 Å². The van der Waals surface area contributed by atoms with Crippen LogP contribution in [-0.2, 0) is 0 Å². The molecular weight excluding hydrogens is 252 g/mol. The second-order valence-electron chi connectivity index (χ2n) is 6.19. The van der Waals surface area contributed by atoms with Crippen molar-refractivity contribution < 1.29 is 5.11 Å². The van der Waals surface area contributed by atoms with Crippen molar-refractivity contribution in [2.75, 3.05) is 23.4 Å². The van der Waals surface area contributed by atoms with Crippen LogP contribution in [0, 0.1) is 5.92 Å². The van der Waals surface area contributed by atoms with E-state index < -0.39 is 0 Å². The Kier molecular flexibility index (Phi) is 4.05. The molecule has 3 atom stereocenters. The van der Waals surface area contributed by atoms with E-state index in [0.29, 0.717) is 6.04 Å². The van der Waals surface area contributed by atoms with Gasteiger partial charge in [-0.05, 0) is 38.0 Å². The number of nitrogens with zero attached hydrogens (tertiary/aromatic N) is 3. The zero-order chi connectivity index (χ0) is 13.9. The number of hydrogen-bond acceptors (Lipinski definition) is 5. The number of nitrogens with one attached hydrogen (secondary N) is 1. The van der Waals surface area contributed by atoms with Crippen LogP contribution in [0.25, 0.3) is 0 Å². The van der Waals surface area contributed by atoms with Crippen LogP contribution in [0.1, 0.15) is 39.0 Å². The molecule has 2 N–H and O–H groups in total. The van der Waals surface area contributed by atoms with Crippen LogP contribution >= 0.6 is 0 Å². The lowest BCUT2D eigenvalue weighted by molar-refractivity contribution is 0.266. The molecule has 2 heterocycles. The standard InChI is InChI=1S/C15H24N4O/c1-11-4-5-12(7-11)18-14-8-15(17-10-16-14)19-6-2-3-13(19)9-20/h8,10-13,20H,2-7,9H2,1H3,(H,16,17,18). The van der Waals surface area contributed by atoms with Gasteiger partial charge in [0.1, 0.15) is 18.0 Å². The van der Waals surface area contributed by atoms with Crippen molar-refractivity contribution in [2.24, 2.45) is 5.92 Å². The van der Waals surface area contributed by atoms with Gasteiger partial charge in [0, 0.05) is 18.7 Å². The summed E-state index contributed by atoms with van der Waals surface area (Å²) in [7, 11) is 0. The Morgan fingerprint density at radius 3 is 3.00 bits per heavy atom. The number of hydrogen-bond donors (Lipinski definition) is 2. The minimum absolute atomic E-state index is 0.201. The number of rotatable bonds is 4. The SMILES string of the molecule is CC1CCC(Nc2cc(N3CCCC3CO)ncn2)C1. The molecule has 5 nitrogen and oxygen atoms in total. The molecular formula is C15H24N4O. The van der Waals surface area contributed by atoms with Crippen molar-refractivity contribution in [3.63, 3.8) is 0 Å². The van der Waals surface area contributed by atoms with Gasteiger partial charge in [0.25, 0.3) is 0 Å². The van der Waals surface area contributed by atoms with Crippen LogP contribution in [0.3, 0.4) is 0 Å². The van der Waals surface area contributed by atoms with Crippen molar-refractivity contribution in [3.8, 4) is 0 Å². The maximum atomic E-state index is 9.43. The molecule has 0 bridgehead atoms. The van der Waals surface area contributed by atoms with Crippen molar-refractivity contribution in [3.05, 3.63) is 12.4 Å². The number of aromatic nitrogens is 2. The van der Waals surface area contributed by atoms with Crippen molar-refractivity contribution in [1.82, 2.24) is 9.97 Å². The molecule has 2 fully saturated rings. The molecule has 0 spiro atoms. The van der Waals surface area contributed by atoms with Gasteiger partial charge >= 0.3 is 0 Å². The highest BCUT2D eigenvalue weighted by Gasteiger charge is 2.26. The molecule has 5 heteroatoms. The summed E-state index contributed by atoms with van der Waals surface area (Å²) >= 11 is 0. The lowest BCUT2D eigenvalue weighted by Crippen LogP contribution is -2.32. The van der Waals surface area contributed by atoms with E-state index in [0.717, 1.165) is 36.9 Å². The fourth-order valence-corrected chi connectivity index (χ4v) is 3.46. The summed E-state index contributed by atoms with van der Waals surface area (Å²) in [5.74, 6) is 2.66. The first kappa shape index (κ1) is 13.6. The van der Waals surface area contributed by atoms with Gasteiger partial charge in [0.15, 0.2) is 0 Å². The van der Waals surface area contributed by atoms with Crippen molar-refractivity contribution >= 4 is 11.6 Å². The largest absolute Gasteiger partial charge is 0.394 e. The normalized spacial score (nSPS) is 29.9. The molecule has 1 aliphatic carbocycles. The smallest absolute Gasteiger partial charge is 0.134 e. The van der Waals surface area contributed by atoms with Gasteiger partial charge in [-0.15, -0.1) is 0 Å². The Morgan fingerprint density at radius 1 is 1.35 bits per heavy atom. The summed E-state index contributed by atoms with van der Waals surface area (Å²) in [5, 5.41) is 13.0. The third-order valence-electron chi connectivity index (χ3n) is 4.58. The Labute approximate surface area is 120 Å². The molecule has 1 saturated carbocycles.